The fourth-order valence-electron chi connectivity index (χ4n) is 1.42. The van der Waals surface area contributed by atoms with E-state index in [4.69, 9.17) is 5.26 Å². The summed E-state index contributed by atoms with van der Waals surface area (Å²) in [7, 11) is 0. The van der Waals surface area contributed by atoms with Gasteiger partial charge < -0.3 is 0 Å². The molecule has 2 nitrogen and oxygen atoms in total. The number of benzene rings is 1. The molecule has 1 aromatic carbocycles. The maximum atomic E-state index is 8.61. The number of nitrogens with zero attached hydrogens (tertiary/aromatic N) is 2. The van der Waals surface area contributed by atoms with Crippen LogP contribution in [0.1, 0.15) is 5.56 Å². The van der Waals surface area contributed by atoms with Gasteiger partial charge in [-0.25, -0.2) is 0 Å². The molecule has 0 bridgehead atoms. The predicted molar refractivity (Wildman–Crippen MR) is 51.1 cm³/mol. The summed E-state index contributed by atoms with van der Waals surface area (Å²) < 4.78 is 0. The van der Waals surface area contributed by atoms with Crippen LogP contribution in [-0.2, 0) is 6.42 Å². The van der Waals surface area contributed by atoms with Crippen molar-refractivity contribution < 1.29 is 0 Å². The maximum absolute atomic E-state index is 8.61. The van der Waals surface area contributed by atoms with Gasteiger partial charge in [-0.15, -0.1) is 0 Å². The lowest BCUT2D eigenvalue weighted by Crippen LogP contribution is -1.84. The molecule has 1 heterocycles. The van der Waals surface area contributed by atoms with Gasteiger partial charge in [0.2, 0.25) is 0 Å². The summed E-state index contributed by atoms with van der Waals surface area (Å²) in [6.45, 7) is 0. The quantitative estimate of drug-likeness (QED) is 0.655. The van der Waals surface area contributed by atoms with E-state index in [1.54, 1.807) is 6.20 Å². The highest BCUT2D eigenvalue weighted by molar-refractivity contribution is 5.84. The van der Waals surface area contributed by atoms with Crippen molar-refractivity contribution in [2.24, 2.45) is 0 Å². The minimum absolute atomic E-state index is 0.447. The fraction of sp³-hybridized carbons (Fsp3) is 0.0909. The van der Waals surface area contributed by atoms with Crippen LogP contribution in [0.3, 0.4) is 0 Å². The van der Waals surface area contributed by atoms with Crippen molar-refractivity contribution >= 4 is 10.8 Å². The molecule has 0 saturated carbocycles. The van der Waals surface area contributed by atoms with E-state index in [0.29, 0.717) is 6.42 Å². The first-order valence-corrected chi connectivity index (χ1v) is 4.10. The number of aromatic nitrogens is 1. The van der Waals surface area contributed by atoms with Crippen molar-refractivity contribution in [3.63, 3.8) is 0 Å². The summed E-state index contributed by atoms with van der Waals surface area (Å²) in [6.07, 6.45) is 4.02. The Labute approximate surface area is 76.5 Å². The van der Waals surface area contributed by atoms with E-state index in [1.807, 2.05) is 30.5 Å². The zero-order chi connectivity index (χ0) is 9.10. The van der Waals surface area contributed by atoms with Crippen LogP contribution in [0.25, 0.3) is 10.8 Å². The van der Waals surface area contributed by atoms with Crippen molar-refractivity contribution in [1.82, 2.24) is 4.98 Å². The number of nitriles is 1. The fourth-order valence-corrected chi connectivity index (χ4v) is 1.42. The first-order valence-electron chi connectivity index (χ1n) is 4.10. The molecule has 0 atom stereocenters. The summed E-state index contributed by atoms with van der Waals surface area (Å²) in [6, 6.07) is 10.1. The van der Waals surface area contributed by atoms with Gasteiger partial charge in [0, 0.05) is 17.8 Å². The Bertz CT molecular complexity index is 463. The molecule has 0 unspecified atom stereocenters. The van der Waals surface area contributed by atoms with E-state index in [9.17, 15) is 0 Å². The summed E-state index contributed by atoms with van der Waals surface area (Å²) >= 11 is 0. The van der Waals surface area contributed by atoms with E-state index in [1.165, 1.54) is 0 Å². The lowest BCUT2D eigenvalue weighted by atomic mass is 10.1. The average Bonchev–Trinajstić information content (AvgIpc) is 2.19. The third-order valence-electron chi connectivity index (χ3n) is 2.04. The number of pyridine rings is 1. The van der Waals surface area contributed by atoms with Crippen LogP contribution in [0.4, 0.5) is 0 Å². The number of rotatable bonds is 1. The second kappa shape index (κ2) is 3.24. The minimum atomic E-state index is 0.447. The van der Waals surface area contributed by atoms with E-state index < -0.39 is 0 Å². The van der Waals surface area contributed by atoms with Crippen molar-refractivity contribution in [3.8, 4) is 6.07 Å². The Morgan fingerprint density at radius 1 is 1.31 bits per heavy atom. The number of hydrogen-bond donors (Lipinski definition) is 0. The molecule has 2 heteroatoms. The Kier molecular flexibility index (Phi) is 1.93. The molecule has 2 aromatic rings. The SMILES string of the molecule is N#CCc1cccc2ccncc12. The minimum Gasteiger partial charge on any atom is -0.264 e. The van der Waals surface area contributed by atoms with Crippen LogP contribution in [0.15, 0.2) is 36.7 Å². The predicted octanol–water partition coefficient (Wildman–Crippen LogP) is 2.30. The van der Waals surface area contributed by atoms with Crippen molar-refractivity contribution in [2.45, 2.75) is 6.42 Å². The first kappa shape index (κ1) is 7.75. The van der Waals surface area contributed by atoms with Crippen LogP contribution in [-0.4, -0.2) is 4.98 Å². The highest BCUT2D eigenvalue weighted by Gasteiger charge is 1.98. The van der Waals surface area contributed by atoms with E-state index in [2.05, 4.69) is 11.1 Å². The third-order valence-corrected chi connectivity index (χ3v) is 2.04. The maximum Gasteiger partial charge on any atom is 0.0669 e. The standard InChI is InChI=1S/C11H8N2/c12-6-4-9-2-1-3-10-5-7-13-8-11(9)10/h1-3,5,7-8H,4H2. The first-order chi connectivity index (χ1) is 6.42. The molecular formula is C11H8N2. The molecule has 0 aliphatic heterocycles. The van der Waals surface area contributed by atoms with Gasteiger partial charge in [0.25, 0.3) is 0 Å². The Hall–Kier alpha value is -1.88. The Balaban J connectivity index is 2.70. The van der Waals surface area contributed by atoms with Crippen LogP contribution in [0.2, 0.25) is 0 Å². The molecule has 0 amide bonds. The third kappa shape index (κ3) is 1.36. The highest BCUT2D eigenvalue weighted by atomic mass is 14.6. The summed E-state index contributed by atoms with van der Waals surface area (Å²) in [5.41, 5.74) is 1.05. The van der Waals surface area contributed by atoms with Gasteiger partial charge in [0.1, 0.15) is 0 Å². The Morgan fingerprint density at radius 2 is 2.23 bits per heavy atom. The van der Waals surface area contributed by atoms with Gasteiger partial charge in [-0.2, -0.15) is 5.26 Å². The molecule has 0 aliphatic rings. The van der Waals surface area contributed by atoms with Crippen molar-refractivity contribution in [2.75, 3.05) is 0 Å². The Morgan fingerprint density at radius 3 is 3.08 bits per heavy atom. The van der Waals surface area contributed by atoms with E-state index in [-0.39, 0.29) is 0 Å². The summed E-state index contributed by atoms with van der Waals surface area (Å²) in [4.78, 5) is 4.05. The number of fused-ring (bicyclic) bond motifs is 1. The van der Waals surface area contributed by atoms with E-state index in [0.717, 1.165) is 16.3 Å². The average molecular weight is 168 g/mol. The molecule has 0 N–H and O–H groups in total. The molecule has 0 saturated heterocycles. The van der Waals surface area contributed by atoms with Crippen LogP contribution < -0.4 is 0 Å². The molecular weight excluding hydrogens is 160 g/mol. The zero-order valence-electron chi connectivity index (χ0n) is 7.07. The number of hydrogen-bond acceptors (Lipinski definition) is 2. The van der Waals surface area contributed by atoms with Crippen molar-refractivity contribution in [3.05, 3.63) is 42.2 Å². The zero-order valence-corrected chi connectivity index (χ0v) is 7.07. The highest BCUT2D eigenvalue weighted by Crippen LogP contribution is 2.17. The van der Waals surface area contributed by atoms with Gasteiger partial charge >= 0.3 is 0 Å². The summed E-state index contributed by atoms with van der Waals surface area (Å²) in [5, 5.41) is 10.8. The monoisotopic (exact) mass is 168 g/mol. The van der Waals surface area contributed by atoms with Gasteiger partial charge in [-0.05, 0) is 17.0 Å². The van der Waals surface area contributed by atoms with Crippen LogP contribution >= 0.6 is 0 Å². The molecule has 0 aliphatic carbocycles. The van der Waals surface area contributed by atoms with Gasteiger partial charge in [-0.1, -0.05) is 18.2 Å². The molecule has 0 radical (unpaired) electrons. The lowest BCUT2D eigenvalue weighted by molar-refractivity contribution is 1.27. The van der Waals surface area contributed by atoms with Crippen LogP contribution in [0, 0.1) is 11.3 Å². The van der Waals surface area contributed by atoms with E-state index >= 15 is 0 Å². The normalized spacial score (nSPS) is 9.77. The summed E-state index contributed by atoms with van der Waals surface area (Å²) in [5.74, 6) is 0. The van der Waals surface area contributed by atoms with Gasteiger partial charge in [-0.3, -0.25) is 4.98 Å². The van der Waals surface area contributed by atoms with Crippen molar-refractivity contribution in [1.29, 1.82) is 5.26 Å². The molecule has 1 aromatic heterocycles. The lowest BCUT2D eigenvalue weighted by Gasteiger charge is -2.00. The molecule has 2 rings (SSSR count). The molecule has 13 heavy (non-hydrogen) atoms. The topological polar surface area (TPSA) is 36.7 Å². The smallest absolute Gasteiger partial charge is 0.0669 e. The largest absolute Gasteiger partial charge is 0.264 e. The molecule has 0 spiro atoms. The van der Waals surface area contributed by atoms with Gasteiger partial charge in [0.15, 0.2) is 0 Å². The molecule has 62 valence electrons. The van der Waals surface area contributed by atoms with Gasteiger partial charge in [0.05, 0.1) is 12.5 Å². The second-order valence-corrected chi connectivity index (χ2v) is 2.85. The molecule has 0 fully saturated rings. The second-order valence-electron chi connectivity index (χ2n) is 2.85. The van der Waals surface area contributed by atoms with Crippen LogP contribution in [0.5, 0.6) is 0 Å².